The van der Waals surface area contributed by atoms with E-state index in [4.69, 9.17) is 24.3 Å². The first kappa shape index (κ1) is 56.6. The van der Waals surface area contributed by atoms with Gasteiger partial charge >= 0.3 is 12.1 Å². The molecule has 1 aromatic heterocycles. The SMILES string of the molecule is CCOC(=O)[C@@H](CCc1ccccc1)N=C(C)C(CC(=O)[C@H](C)Cc1ccccc1)Cc1ccccc1.CC[C@@H](CCc1ccccc1)n1c([C@H](C)Cc2ccccc2)nc(Cc2ccccc2)c1C.O=C=O. The van der Waals surface area contributed by atoms with Gasteiger partial charge in [-0.3, -0.25) is 9.79 Å². The Morgan fingerprint density at radius 1 is 0.603 bits per heavy atom. The number of imidazole rings is 1. The van der Waals surface area contributed by atoms with Crippen LogP contribution in [0.4, 0.5) is 0 Å². The van der Waals surface area contributed by atoms with E-state index in [1.54, 1.807) is 0 Å². The topological polar surface area (TPSA) is 108 Å². The summed E-state index contributed by atoms with van der Waals surface area (Å²) in [4.78, 5) is 52.6. The minimum Gasteiger partial charge on any atom is -0.464 e. The number of ketones is 1. The highest BCUT2D eigenvalue weighted by Gasteiger charge is 2.26. The Labute approximate surface area is 435 Å². The van der Waals surface area contributed by atoms with Gasteiger partial charge in [-0.05, 0) is 106 Å². The zero-order valence-electron chi connectivity index (χ0n) is 43.9. The minimum atomic E-state index is -0.588. The van der Waals surface area contributed by atoms with Crippen LogP contribution in [0.3, 0.4) is 0 Å². The summed E-state index contributed by atoms with van der Waals surface area (Å²) in [6, 6.07) is 62.7. The Bertz CT molecular complexity index is 2720. The first-order chi connectivity index (χ1) is 35.5. The lowest BCUT2D eigenvalue weighted by Gasteiger charge is -2.24. The lowest BCUT2D eigenvalue weighted by Crippen LogP contribution is -2.28. The van der Waals surface area contributed by atoms with Crippen molar-refractivity contribution in [3.63, 3.8) is 0 Å². The number of ether oxygens (including phenoxy) is 1. The summed E-state index contributed by atoms with van der Waals surface area (Å²) in [5, 5.41) is 0. The predicted octanol–water partition coefficient (Wildman–Crippen LogP) is 13.8. The van der Waals surface area contributed by atoms with Crippen molar-refractivity contribution >= 4 is 23.6 Å². The maximum absolute atomic E-state index is 13.3. The first-order valence-electron chi connectivity index (χ1n) is 26.1. The molecular formula is C65H75N3O5. The second-order valence-corrected chi connectivity index (χ2v) is 19.0. The van der Waals surface area contributed by atoms with Gasteiger partial charge in [-0.1, -0.05) is 203 Å². The van der Waals surface area contributed by atoms with Crippen LogP contribution in [0, 0.1) is 18.8 Å². The van der Waals surface area contributed by atoms with E-state index < -0.39 is 6.04 Å². The van der Waals surface area contributed by atoms with Crippen LogP contribution in [0.15, 0.2) is 187 Å². The molecule has 380 valence electrons. The van der Waals surface area contributed by atoms with E-state index in [9.17, 15) is 9.59 Å². The van der Waals surface area contributed by atoms with Crippen LogP contribution in [-0.4, -0.2) is 45.8 Å². The highest BCUT2D eigenvalue weighted by molar-refractivity contribution is 5.92. The number of benzene rings is 6. The monoisotopic (exact) mass is 978 g/mol. The van der Waals surface area contributed by atoms with Gasteiger partial charge in [0, 0.05) is 48.0 Å². The minimum absolute atomic E-state index is 0.0817. The third kappa shape index (κ3) is 19.0. The molecule has 0 saturated carbocycles. The average Bonchev–Trinajstić information content (AvgIpc) is 3.74. The van der Waals surface area contributed by atoms with Crippen molar-refractivity contribution in [1.82, 2.24) is 9.55 Å². The summed E-state index contributed by atoms with van der Waals surface area (Å²) >= 11 is 0. The molecule has 7 aromatic rings. The number of hydrogen-bond donors (Lipinski definition) is 0. The Hall–Kier alpha value is -7.28. The molecule has 0 fully saturated rings. The third-order valence-corrected chi connectivity index (χ3v) is 13.5. The fourth-order valence-electron chi connectivity index (χ4n) is 9.47. The fourth-order valence-corrected chi connectivity index (χ4v) is 9.47. The van der Waals surface area contributed by atoms with Crippen molar-refractivity contribution < 1.29 is 23.9 Å². The summed E-state index contributed by atoms with van der Waals surface area (Å²) < 4.78 is 7.94. The van der Waals surface area contributed by atoms with Gasteiger partial charge in [-0.25, -0.2) is 9.78 Å². The van der Waals surface area contributed by atoms with Gasteiger partial charge in [0.1, 0.15) is 17.6 Å². The summed E-state index contributed by atoms with van der Waals surface area (Å²) in [5.74, 6) is 1.34. The van der Waals surface area contributed by atoms with Crippen LogP contribution >= 0.6 is 0 Å². The van der Waals surface area contributed by atoms with Crippen molar-refractivity contribution in [2.24, 2.45) is 16.8 Å². The molecule has 0 spiro atoms. The number of carbonyl (C=O) groups is 2. The smallest absolute Gasteiger partial charge is 0.373 e. The van der Waals surface area contributed by atoms with Gasteiger partial charge in [-0.15, -0.1) is 0 Å². The first-order valence-corrected chi connectivity index (χ1v) is 26.1. The molecule has 0 N–H and O–H groups in total. The van der Waals surface area contributed by atoms with E-state index in [0.29, 0.717) is 37.8 Å². The molecule has 7 rings (SSSR count). The van der Waals surface area contributed by atoms with Crippen LogP contribution in [0.2, 0.25) is 0 Å². The number of carbonyl (C=O) groups excluding carboxylic acids is 4. The standard InChI is InChI=1S/C33H39NO3.C31H36N2.CO2/c1-4-37-33(36)31(21-20-27-14-8-5-9-15-27)34-26(3)30(23-29-18-12-7-13-19-29)24-32(35)25(2)22-28-16-10-6-11-17-28;1-4-29(21-20-26-14-8-5-9-15-26)33-25(3)30(23-28-18-12-7-13-19-28)32-31(33)24(2)22-27-16-10-6-11-17-27;2-1-3/h5-19,25,30-31H,4,20-24H2,1-3H3;5-19,24,29H,4,20-23H2,1-3H3;/t25-,30?,31-;24-,29+;/m11./s1. The van der Waals surface area contributed by atoms with Gasteiger partial charge in [0.25, 0.3) is 0 Å². The summed E-state index contributed by atoms with van der Waals surface area (Å²) in [6.07, 6.45) is 8.60. The van der Waals surface area contributed by atoms with E-state index in [1.165, 1.54) is 33.9 Å². The Morgan fingerprint density at radius 2 is 1.03 bits per heavy atom. The largest absolute Gasteiger partial charge is 0.464 e. The molecule has 0 bridgehead atoms. The Kier molecular flexibility index (Phi) is 24.2. The number of aryl methyl sites for hydroxylation is 2. The zero-order chi connectivity index (χ0) is 52.2. The van der Waals surface area contributed by atoms with Gasteiger partial charge in [0.2, 0.25) is 0 Å². The van der Waals surface area contributed by atoms with Crippen molar-refractivity contribution in [2.75, 3.05) is 6.61 Å². The molecule has 0 aliphatic carbocycles. The maximum atomic E-state index is 13.3. The third-order valence-electron chi connectivity index (χ3n) is 13.5. The molecule has 6 aromatic carbocycles. The van der Waals surface area contributed by atoms with Crippen molar-refractivity contribution in [1.29, 1.82) is 0 Å². The highest BCUT2D eigenvalue weighted by Crippen LogP contribution is 2.31. The molecule has 0 amide bonds. The average molecular weight is 978 g/mol. The number of esters is 1. The molecule has 73 heavy (non-hydrogen) atoms. The second-order valence-electron chi connectivity index (χ2n) is 19.0. The van der Waals surface area contributed by atoms with Crippen LogP contribution in [-0.2, 0) is 62.4 Å². The van der Waals surface area contributed by atoms with Crippen LogP contribution in [0.25, 0.3) is 0 Å². The maximum Gasteiger partial charge on any atom is 0.373 e. The number of rotatable bonds is 24. The molecule has 0 aliphatic rings. The fraction of sp³-hybridized carbons (Fsp3) is 0.338. The number of Topliss-reactive ketones (excluding diaryl/α,β-unsaturated/α-hetero) is 1. The normalized spacial score (nSPS) is 13.1. The van der Waals surface area contributed by atoms with E-state index in [1.807, 2.05) is 75.4 Å². The number of hydrogen-bond acceptors (Lipinski definition) is 7. The van der Waals surface area contributed by atoms with E-state index >= 15 is 0 Å². The van der Waals surface area contributed by atoms with Gasteiger partial charge < -0.3 is 9.30 Å². The van der Waals surface area contributed by atoms with Crippen LogP contribution < -0.4 is 0 Å². The highest BCUT2D eigenvalue weighted by atomic mass is 16.5. The molecule has 0 aliphatic heterocycles. The quantitative estimate of drug-likeness (QED) is 0.0441. The van der Waals surface area contributed by atoms with Crippen LogP contribution in [0.5, 0.6) is 0 Å². The summed E-state index contributed by atoms with van der Waals surface area (Å²) in [6.45, 7) is 13.0. The number of aromatic nitrogens is 2. The van der Waals surface area contributed by atoms with E-state index in [-0.39, 0.29) is 29.7 Å². The molecular weight excluding hydrogens is 903 g/mol. The molecule has 8 nitrogen and oxygen atoms in total. The molecule has 5 atom stereocenters. The van der Waals surface area contributed by atoms with Crippen molar-refractivity contribution in [3.8, 4) is 0 Å². The van der Waals surface area contributed by atoms with Crippen molar-refractivity contribution in [2.45, 2.75) is 124 Å². The lowest BCUT2D eigenvalue weighted by molar-refractivity contribution is -0.191. The molecule has 0 radical (unpaired) electrons. The second kappa shape index (κ2) is 31.2. The summed E-state index contributed by atoms with van der Waals surface area (Å²) in [5.41, 5.74) is 11.0. The Balaban J connectivity index is 0.000000258. The molecule has 1 unspecified atom stereocenters. The van der Waals surface area contributed by atoms with E-state index in [0.717, 1.165) is 67.3 Å². The summed E-state index contributed by atoms with van der Waals surface area (Å²) in [7, 11) is 0. The Morgan fingerprint density at radius 3 is 1.49 bits per heavy atom. The van der Waals surface area contributed by atoms with Gasteiger partial charge in [-0.2, -0.15) is 9.59 Å². The molecule has 0 saturated heterocycles. The van der Waals surface area contributed by atoms with E-state index in [2.05, 4.69) is 153 Å². The number of aliphatic imine (C=N–C) groups is 1. The number of nitrogens with zero attached hydrogens (tertiary/aromatic N) is 3. The van der Waals surface area contributed by atoms with Crippen molar-refractivity contribution in [3.05, 3.63) is 233 Å². The van der Waals surface area contributed by atoms with Crippen LogP contribution in [0.1, 0.15) is 123 Å². The zero-order valence-corrected chi connectivity index (χ0v) is 43.9. The predicted molar refractivity (Wildman–Crippen MR) is 295 cm³/mol. The lowest BCUT2D eigenvalue weighted by atomic mass is 9.85. The van der Waals surface area contributed by atoms with Gasteiger partial charge in [0.05, 0.1) is 12.3 Å². The molecule has 8 heteroatoms. The van der Waals surface area contributed by atoms with Gasteiger partial charge in [0.15, 0.2) is 0 Å². The molecule has 1 heterocycles.